The molecule has 1 aliphatic heterocycles. The van der Waals surface area contributed by atoms with Crippen molar-refractivity contribution in [2.75, 3.05) is 13.1 Å². The van der Waals surface area contributed by atoms with E-state index in [1.54, 1.807) is 4.90 Å². The Labute approximate surface area is 90.8 Å². The van der Waals surface area contributed by atoms with Crippen LogP contribution in [-0.2, 0) is 9.59 Å². The van der Waals surface area contributed by atoms with Gasteiger partial charge in [-0.2, -0.15) is 0 Å². The number of nitrogens with zero attached hydrogens (tertiary/aromatic N) is 1. The van der Waals surface area contributed by atoms with E-state index in [1.807, 2.05) is 0 Å². The summed E-state index contributed by atoms with van der Waals surface area (Å²) in [6.45, 7) is 1.46. The quantitative estimate of drug-likeness (QED) is 0.664. The second-order valence-electron chi connectivity index (χ2n) is 4.76. The van der Waals surface area contributed by atoms with Crippen LogP contribution in [-0.4, -0.2) is 29.7 Å². The summed E-state index contributed by atoms with van der Waals surface area (Å²) >= 11 is 0. The van der Waals surface area contributed by atoms with E-state index in [-0.39, 0.29) is 11.7 Å². The maximum atomic E-state index is 11.4. The summed E-state index contributed by atoms with van der Waals surface area (Å²) in [5, 5.41) is 0. The molecule has 0 N–H and O–H groups in total. The van der Waals surface area contributed by atoms with Gasteiger partial charge >= 0.3 is 0 Å². The number of carbonyl (C=O) groups excluding carboxylic acids is 2. The molecule has 0 aromatic heterocycles. The minimum Gasteiger partial charge on any atom is -0.336 e. The van der Waals surface area contributed by atoms with Crippen LogP contribution in [0.25, 0.3) is 0 Å². The molecular formula is C12H19NO2. The third kappa shape index (κ3) is 2.58. The van der Waals surface area contributed by atoms with Crippen molar-refractivity contribution in [2.24, 2.45) is 5.92 Å². The topological polar surface area (TPSA) is 37.4 Å². The van der Waals surface area contributed by atoms with Crippen LogP contribution in [0.3, 0.4) is 0 Å². The van der Waals surface area contributed by atoms with E-state index < -0.39 is 0 Å². The standard InChI is InChI=1S/C12H19NO2/c14-11-7-9-13(12(11)15)8-6-10-4-2-1-3-5-10/h10H,1-9H2. The van der Waals surface area contributed by atoms with Crippen molar-refractivity contribution < 1.29 is 9.59 Å². The second kappa shape index (κ2) is 4.77. The lowest BCUT2D eigenvalue weighted by Gasteiger charge is -2.23. The third-order valence-electron chi connectivity index (χ3n) is 3.67. The highest BCUT2D eigenvalue weighted by molar-refractivity contribution is 6.37. The van der Waals surface area contributed by atoms with E-state index >= 15 is 0 Å². The van der Waals surface area contributed by atoms with Gasteiger partial charge in [0.25, 0.3) is 5.91 Å². The van der Waals surface area contributed by atoms with Crippen molar-refractivity contribution in [1.82, 2.24) is 4.90 Å². The first-order chi connectivity index (χ1) is 7.27. The number of carbonyl (C=O) groups is 2. The predicted molar refractivity (Wildman–Crippen MR) is 57.4 cm³/mol. The first kappa shape index (κ1) is 10.7. The second-order valence-corrected chi connectivity index (χ2v) is 4.76. The number of likely N-dealkylation sites (tertiary alicyclic amines) is 1. The highest BCUT2D eigenvalue weighted by Crippen LogP contribution is 2.26. The molecular weight excluding hydrogens is 190 g/mol. The Kier molecular flexibility index (Phi) is 3.39. The van der Waals surface area contributed by atoms with Crippen molar-refractivity contribution in [3.8, 4) is 0 Å². The molecule has 1 amide bonds. The normalized spacial score (nSPS) is 23.9. The van der Waals surface area contributed by atoms with Crippen LogP contribution in [0.15, 0.2) is 0 Å². The molecule has 0 unspecified atom stereocenters. The molecule has 0 spiro atoms. The molecule has 84 valence electrons. The average molecular weight is 209 g/mol. The summed E-state index contributed by atoms with van der Waals surface area (Å²) in [5.41, 5.74) is 0. The monoisotopic (exact) mass is 209 g/mol. The van der Waals surface area contributed by atoms with Crippen molar-refractivity contribution in [3.63, 3.8) is 0 Å². The fourth-order valence-corrected chi connectivity index (χ4v) is 2.65. The summed E-state index contributed by atoms with van der Waals surface area (Å²) in [4.78, 5) is 24.1. The highest BCUT2D eigenvalue weighted by atomic mass is 16.2. The molecule has 3 heteroatoms. The van der Waals surface area contributed by atoms with Gasteiger partial charge < -0.3 is 4.90 Å². The van der Waals surface area contributed by atoms with Crippen molar-refractivity contribution in [1.29, 1.82) is 0 Å². The number of hydrogen-bond donors (Lipinski definition) is 0. The Bertz CT molecular complexity index is 256. The van der Waals surface area contributed by atoms with Gasteiger partial charge in [-0.3, -0.25) is 9.59 Å². The first-order valence-electron chi connectivity index (χ1n) is 6.09. The van der Waals surface area contributed by atoms with E-state index in [0.717, 1.165) is 18.9 Å². The van der Waals surface area contributed by atoms with E-state index in [0.29, 0.717) is 13.0 Å². The molecule has 1 heterocycles. The van der Waals surface area contributed by atoms with Gasteiger partial charge in [0.1, 0.15) is 0 Å². The summed E-state index contributed by atoms with van der Waals surface area (Å²) in [6, 6.07) is 0. The molecule has 0 aromatic rings. The van der Waals surface area contributed by atoms with Crippen molar-refractivity contribution in [2.45, 2.75) is 44.9 Å². The number of Topliss-reactive ketones (excluding diaryl/α,β-unsaturated/α-hetero) is 1. The fraction of sp³-hybridized carbons (Fsp3) is 0.833. The SMILES string of the molecule is O=C1CCN(CCC2CCCCC2)C1=O. The maximum Gasteiger partial charge on any atom is 0.290 e. The van der Waals surface area contributed by atoms with Crippen LogP contribution in [0.2, 0.25) is 0 Å². The van der Waals surface area contributed by atoms with Crippen molar-refractivity contribution >= 4 is 11.7 Å². The number of amides is 1. The van der Waals surface area contributed by atoms with E-state index in [4.69, 9.17) is 0 Å². The molecule has 1 aliphatic carbocycles. The van der Waals surface area contributed by atoms with E-state index in [1.165, 1.54) is 32.1 Å². The molecule has 0 bridgehead atoms. The molecule has 0 aromatic carbocycles. The van der Waals surface area contributed by atoms with Gasteiger partial charge in [-0.05, 0) is 12.3 Å². The number of rotatable bonds is 3. The van der Waals surface area contributed by atoms with Crippen LogP contribution >= 0.6 is 0 Å². The Morgan fingerprint density at radius 3 is 2.47 bits per heavy atom. The molecule has 1 saturated carbocycles. The molecule has 2 aliphatic rings. The summed E-state index contributed by atoms with van der Waals surface area (Å²) < 4.78 is 0. The molecule has 2 rings (SSSR count). The lowest BCUT2D eigenvalue weighted by molar-refractivity contribution is -0.140. The van der Waals surface area contributed by atoms with Crippen LogP contribution < -0.4 is 0 Å². The lowest BCUT2D eigenvalue weighted by atomic mass is 9.87. The summed E-state index contributed by atoms with van der Waals surface area (Å²) in [7, 11) is 0. The van der Waals surface area contributed by atoms with Gasteiger partial charge in [0.15, 0.2) is 0 Å². The number of ketones is 1. The summed E-state index contributed by atoms with van der Waals surface area (Å²) in [5.74, 6) is 0.353. The minimum absolute atomic E-state index is 0.196. The smallest absolute Gasteiger partial charge is 0.290 e. The molecule has 0 radical (unpaired) electrons. The first-order valence-corrected chi connectivity index (χ1v) is 6.09. The predicted octanol–water partition coefficient (Wildman–Crippen LogP) is 1.76. The fourth-order valence-electron chi connectivity index (χ4n) is 2.65. The molecule has 15 heavy (non-hydrogen) atoms. The van der Waals surface area contributed by atoms with Crippen LogP contribution in [0.1, 0.15) is 44.9 Å². The Hall–Kier alpha value is -0.860. The Balaban J connectivity index is 1.73. The van der Waals surface area contributed by atoms with Gasteiger partial charge in [-0.1, -0.05) is 32.1 Å². The number of hydrogen-bond acceptors (Lipinski definition) is 2. The average Bonchev–Trinajstić information content (AvgIpc) is 2.59. The van der Waals surface area contributed by atoms with Gasteiger partial charge in [-0.25, -0.2) is 0 Å². The largest absolute Gasteiger partial charge is 0.336 e. The van der Waals surface area contributed by atoms with Gasteiger partial charge in [-0.15, -0.1) is 0 Å². The van der Waals surface area contributed by atoms with Gasteiger partial charge in [0, 0.05) is 19.5 Å². The molecule has 3 nitrogen and oxygen atoms in total. The zero-order chi connectivity index (χ0) is 10.7. The summed E-state index contributed by atoms with van der Waals surface area (Å²) in [6.07, 6.45) is 8.22. The van der Waals surface area contributed by atoms with Gasteiger partial charge in [0.2, 0.25) is 5.78 Å². The van der Waals surface area contributed by atoms with E-state index in [2.05, 4.69) is 0 Å². The third-order valence-corrected chi connectivity index (χ3v) is 3.67. The Morgan fingerprint density at radius 1 is 1.13 bits per heavy atom. The molecule has 1 saturated heterocycles. The van der Waals surface area contributed by atoms with Crippen LogP contribution in [0.5, 0.6) is 0 Å². The van der Waals surface area contributed by atoms with Crippen LogP contribution in [0, 0.1) is 5.92 Å². The minimum atomic E-state index is -0.245. The van der Waals surface area contributed by atoms with Crippen molar-refractivity contribution in [3.05, 3.63) is 0 Å². The highest BCUT2D eigenvalue weighted by Gasteiger charge is 2.29. The zero-order valence-corrected chi connectivity index (χ0v) is 9.21. The maximum absolute atomic E-state index is 11.4. The van der Waals surface area contributed by atoms with E-state index in [9.17, 15) is 9.59 Å². The lowest BCUT2D eigenvalue weighted by Crippen LogP contribution is -2.29. The van der Waals surface area contributed by atoms with Crippen LogP contribution in [0.4, 0.5) is 0 Å². The Morgan fingerprint density at radius 2 is 1.87 bits per heavy atom. The zero-order valence-electron chi connectivity index (χ0n) is 9.21. The van der Waals surface area contributed by atoms with Gasteiger partial charge in [0.05, 0.1) is 0 Å². The molecule has 2 fully saturated rings. The molecule has 0 atom stereocenters.